The van der Waals surface area contributed by atoms with E-state index in [0.29, 0.717) is 28.5 Å². The lowest BCUT2D eigenvalue weighted by atomic mass is 10.0. The summed E-state index contributed by atoms with van der Waals surface area (Å²) in [7, 11) is 2.17. The number of aromatic nitrogens is 2. The molecule has 1 aromatic carbocycles. The lowest BCUT2D eigenvalue weighted by Gasteiger charge is -2.18. The normalized spacial score (nSPS) is 14.2. The van der Waals surface area contributed by atoms with Gasteiger partial charge in [-0.05, 0) is 45.4 Å². The first kappa shape index (κ1) is 19.3. The van der Waals surface area contributed by atoms with Gasteiger partial charge in [0.2, 0.25) is 0 Å². The van der Waals surface area contributed by atoms with Crippen molar-refractivity contribution in [2.45, 2.75) is 33.1 Å². The molecule has 3 rings (SSSR count). The summed E-state index contributed by atoms with van der Waals surface area (Å²) in [6.45, 7) is 11.2. The first-order chi connectivity index (χ1) is 12.7. The maximum Gasteiger partial charge on any atom is 0.174 e. The van der Waals surface area contributed by atoms with Crippen LogP contribution < -0.4 is 0 Å². The largest absolute Gasteiger partial charge is 0.453 e. The van der Waals surface area contributed by atoms with Gasteiger partial charge in [0.15, 0.2) is 11.6 Å². The SMILES string of the molecule is C=C(/C(=C\C)c1ccc(-c2nc(-c3ccc(C)cc3)c(C)[nH]2)o1)C(C)(F)P. The van der Waals surface area contributed by atoms with E-state index in [1.807, 2.05) is 26.0 Å². The van der Waals surface area contributed by atoms with Crippen molar-refractivity contribution in [3.05, 3.63) is 71.6 Å². The van der Waals surface area contributed by atoms with Gasteiger partial charge >= 0.3 is 0 Å². The number of hydrogen-bond donors (Lipinski definition) is 1. The van der Waals surface area contributed by atoms with Gasteiger partial charge in [-0.25, -0.2) is 9.37 Å². The molecule has 1 N–H and O–H groups in total. The quantitative estimate of drug-likeness (QED) is 0.406. The van der Waals surface area contributed by atoms with Crippen LogP contribution in [-0.2, 0) is 0 Å². The molecule has 3 nitrogen and oxygen atoms in total. The van der Waals surface area contributed by atoms with Gasteiger partial charge in [0.05, 0.1) is 5.69 Å². The molecule has 2 unspecified atom stereocenters. The maximum absolute atomic E-state index is 14.3. The minimum absolute atomic E-state index is 0.354. The molecule has 0 aliphatic rings. The van der Waals surface area contributed by atoms with Crippen LogP contribution >= 0.6 is 9.24 Å². The summed E-state index contributed by atoms with van der Waals surface area (Å²) >= 11 is 0. The van der Waals surface area contributed by atoms with Crippen LogP contribution in [0, 0.1) is 13.8 Å². The molecule has 2 aromatic heterocycles. The first-order valence-electron chi connectivity index (χ1n) is 8.78. The molecule has 2 heterocycles. The zero-order valence-corrected chi connectivity index (χ0v) is 17.2. The number of benzene rings is 1. The van der Waals surface area contributed by atoms with E-state index in [0.717, 1.165) is 17.0 Å². The zero-order valence-electron chi connectivity index (χ0n) is 16.1. The number of H-pyrrole nitrogens is 1. The van der Waals surface area contributed by atoms with Crippen LogP contribution in [0.25, 0.3) is 28.4 Å². The summed E-state index contributed by atoms with van der Waals surface area (Å²) in [6, 6.07) is 11.9. The molecule has 0 amide bonds. The number of aromatic amines is 1. The van der Waals surface area contributed by atoms with Gasteiger partial charge in [-0.1, -0.05) is 51.7 Å². The Hall–Kier alpha value is -2.45. The third kappa shape index (κ3) is 3.96. The molecule has 0 aliphatic carbocycles. The molecule has 0 fully saturated rings. The van der Waals surface area contributed by atoms with Crippen molar-refractivity contribution in [2.75, 3.05) is 0 Å². The van der Waals surface area contributed by atoms with Crippen molar-refractivity contribution in [1.82, 2.24) is 9.97 Å². The molecule has 0 radical (unpaired) electrons. The number of nitrogens with zero attached hydrogens (tertiary/aromatic N) is 1. The number of imidazole rings is 1. The van der Waals surface area contributed by atoms with Crippen molar-refractivity contribution in [3.63, 3.8) is 0 Å². The molecule has 0 bridgehead atoms. The number of aryl methyl sites for hydroxylation is 2. The van der Waals surface area contributed by atoms with E-state index in [1.165, 1.54) is 12.5 Å². The lowest BCUT2D eigenvalue weighted by molar-refractivity contribution is 0.374. The van der Waals surface area contributed by atoms with Gasteiger partial charge in [-0.3, -0.25) is 0 Å². The van der Waals surface area contributed by atoms with Crippen molar-refractivity contribution in [1.29, 1.82) is 0 Å². The van der Waals surface area contributed by atoms with Gasteiger partial charge < -0.3 is 9.40 Å². The lowest BCUT2D eigenvalue weighted by Crippen LogP contribution is -2.11. The average molecular weight is 382 g/mol. The number of alkyl halides is 1. The van der Waals surface area contributed by atoms with E-state index < -0.39 is 5.41 Å². The summed E-state index contributed by atoms with van der Waals surface area (Å²) in [6.07, 6.45) is 1.80. The number of allylic oxidation sites excluding steroid dienone is 3. The van der Waals surface area contributed by atoms with Crippen LogP contribution in [-0.4, -0.2) is 15.4 Å². The van der Waals surface area contributed by atoms with E-state index in [2.05, 4.69) is 52.0 Å². The summed E-state index contributed by atoms with van der Waals surface area (Å²) in [5.41, 5.74) is 5.10. The Morgan fingerprint density at radius 2 is 1.89 bits per heavy atom. The van der Waals surface area contributed by atoms with Gasteiger partial charge in [0.25, 0.3) is 0 Å². The second kappa shape index (κ2) is 7.28. The highest BCUT2D eigenvalue weighted by atomic mass is 31.0. The molecule has 0 saturated heterocycles. The predicted octanol–water partition coefficient (Wildman–Crippen LogP) is 6.47. The fraction of sp³-hybridized carbons (Fsp3) is 0.227. The van der Waals surface area contributed by atoms with Crippen molar-refractivity contribution < 1.29 is 8.81 Å². The zero-order chi connectivity index (χ0) is 19.8. The van der Waals surface area contributed by atoms with E-state index in [9.17, 15) is 4.39 Å². The Morgan fingerprint density at radius 1 is 1.22 bits per heavy atom. The van der Waals surface area contributed by atoms with Crippen molar-refractivity contribution in [2.24, 2.45) is 0 Å². The minimum Gasteiger partial charge on any atom is -0.453 e. The van der Waals surface area contributed by atoms with Crippen LogP contribution in [0.3, 0.4) is 0 Å². The van der Waals surface area contributed by atoms with Crippen molar-refractivity contribution >= 4 is 14.8 Å². The van der Waals surface area contributed by atoms with E-state index >= 15 is 0 Å². The fourth-order valence-electron chi connectivity index (χ4n) is 2.91. The highest BCUT2D eigenvalue weighted by molar-refractivity contribution is 7.19. The first-order valence-corrected chi connectivity index (χ1v) is 9.36. The Balaban J connectivity index is 1.94. The highest BCUT2D eigenvalue weighted by Gasteiger charge is 2.26. The molecule has 3 aromatic rings. The molecule has 27 heavy (non-hydrogen) atoms. The van der Waals surface area contributed by atoms with E-state index in [1.54, 1.807) is 6.08 Å². The van der Waals surface area contributed by atoms with Crippen LogP contribution in [0.4, 0.5) is 4.39 Å². The Bertz CT molecular complexity index is 1000. The Morgan fingerprint density at radius 3 is 2.48 bits per heavy atom. The summed E-state index contributed by atoms with van der Waals surface area (Å²) < 4.78 is 20.2. The van der Waals surface area contributed by atoms with Gasteiger partial charge in [-0.15, -0.1) is 0 Å². The summed E-state index contributed by atoms with van der Waals surface area (Å²) in [5.74, 6) is 1.81. The summed E-state index contributed by atoms with van der Waals surface area (Å²) in [4.78, 5) is 7.98. The standard InChI is InChI=1S/C22H24FN2OP/c1-6-17(14(3)22(5,23)27)18-11-12-19(26-18)21-24-15(4)20(25-21)16-9-7-13(2)8-10-16/h6-12H,3,27H2,1-2,4-5H3,(H,24,25)/b17-6+. The number of nitrogens with one attached hydrogen (secondary N) is 1. The third-order valence-corrected chi connectivity index (χ3v) is 4.87. The third-order valence-electron chi connectivity index (χ3n) is 4.52. The van der Waals surface area contributed by atoms with Gasteiger partial charge in [-0.2, -0.15) is 0 Å². The Kier molecular flexibility index (Phi) is 5.21. The minimum atomic E-state index is -1.60. The molecule has 0 aliphatic heterocycles. The molecule has 5 heteroatoms. The predicted molar refractivity (Wildman–Crippen MR) is 113 cm³/mol. The second-order valence-corrected chi connectivity index (χ2v) is 7.93. The second-order valence-electron chi connectivity index (χ2n) is 6.85. The molecule has 2 atom stereocenters. The van der Waals surface area contributed by atoms with E-state index in [-0.39, 0.29) is 0 Å². The maximum atomic E-state index is 14.3. The summed E-state index contributed by atoms with van der Waals surface area (Å²) in [5, 5.41) is -1.60. The molecule has 0 spiro atoms. The van der Waals surface area contributed by atoms with Gasteiger partial charge in [0.1, 0.15) is 11.2 Å². The Labute approximate surface area is 161 Å². The van der Waals surface area contributed by atoms with Gasteiger partial charge in [0, 0.05) is 16.8 Å². The molecular weight excluding hydrogens is 358 g/mol. The molecule has 140 valence electrons. The van der Waals surface area contributed by atoms with Crippen molar-refractivity contribution in [3.8, 4) is 22.8 Å². The topological polar surface area (TPSA) is 41.8 Å². The highest BCUT2D eigenvalue weighted by Crippen LogP contribution is 2.38. The number of rotatable bonds is 5. The molecule has 0 saturated carbocycles. The molecular formula is C22H24FN2OP. The number of hydrogen-bond acceptors (Lipinski definition) is 2. The van der Waals surface area contributed by atoms with Crippen LogP contribution in [0.15, 0.2) is 59.0 Å². The van der Waals surface area contributed by atoms with Crippen LogP contribution in [0.2, 0.25) is 0 Å². The number of furan rings is 1. The van der Waals surface area contributed by atoms with Crippen LogP contribution in [0.5, 0.6) is 0 Å². The smallest absolute Gasteiger partial charge is 0.174 e. The fourth-order valence-corrected chi connectivity index (χ4v) is 3.06. The number of halogens is 1. The van der Waals surface area contributed by atoms with E-state index in [4.69, 9.17) is 9.40 Å². The van der Waals surface area contributed by atoms with Crippen LogP contribution in [0.1, 0.15) is 30.9 Å². The average Bonchev–Trinajstić information content (AvgIpc) is 3.22. The monoisotopic (exact) mass is 382 g/mol.